The van der Waals surface area contributed by atoms with Gasteiger partial charge in [0.1, 0.15) is 5.69 Å². The molecule has 2 N–H and O–H groups in total. The molecule has 200 valence electrons. The van der Waals surface area contributed by atoms with Crippen molar-refractivity contribution >= 4 is 23.6 Å². The molecule has 0 bridgehead atoms. The number of rotatable bonds is 8. The van der Waals surface area contributed by atoms with Gasteiger partial charge in [-0.05, 0) is 29.8 Å². The van der Waals surface area contributed by atoms with E-state index >= 15 is 0 Å². The van der Waals surface area contributed by atoms with Gasteiger partial charge in [0.2, 0.25) is 0 Å². The molecule has 2 aliphatic rings. The molecule has 10 heteroatoms. The highest BCUT2D eigenvalue weighted by Crippen LogP contribution is 2.26. The van der Waals surface area contributed by atoms with E-state index in [1.54, 1.807) is 30.3 Å². The van der Waals surface area contributed by atoms with Crippen molar-refractivity contribution in [2.24, 2.45) is 0 Å². The van der Waals surface area contributed by atoms with Crippen molar-refractivity contribution in [2.45, 2.75) is 25.2 Å². The number of hydrogen-bond acceptors (Lipinski definition) is 7. The highest BCUT2D eigenvalue weighted by molar-refractivity contribution is 6.21. The molecule has 0 unspecified atom stereocenters. The number of ether oxygens (including phenoxy) is 2. The monoisotopic (exact) mass is 528 g/mol. The SMILES string of the molecule is CNC(=O)c1cc(C(=O)NCC[C@H]2OC[C@H](N3C(=O)c4ccccc4C3=O)CO2)cc(Cc2ccccc2)n1. The fraction of sp³-hybridized carbons (Fsp3) is 0.276. The molecule has 5 rings (SSSR count). The standard InChI is InChI=1S/C29H28N4O6/c1-30-27(35)24-15-19(14-20(32-24)13-18-7-3-2-4-8-18)26(34)31-12-11-25-38-16-21(17-39-25)33-28(36)22-9-5-6-10-23(22)29(33)37/h2-10,14-15,21,25H,11-13,16-17H2,1H3,(H,30,35)(H,31,34)/t21-,25-. The number of fused-ring (bicyclic) bond motifs is 1. The van der Waals surface area contributed by atoms with Gasteiger partial charge in [0.05, 0.1) is 30.4 Å². The van der Waals surface area contributed by atoms with Crippen molar-refractivity contribution in [1.82, 2.24) is 20.5 Å². The molecular weight excluding hydrogens is 500 g/mol. The van der Waals surface area contributed by atoms with Gasteiger partial charge in [-0.25, -0.2) is 4.98 Å². The zero-order valence-electron chi connectivity index (χ0n) is 21.4. The van der Waals surface area contributed by atoms with Gasteiger partial charge >= 0.3 is 0 Å². The molecule has 0 radical (unpaired) electrons. The summed E-state index contributed by atoms with van der Waals surface area (Å²) in [6, 6.07) is 19.0. The number of benzene rings is 2. The number of carbonyl (C=O) groups excluding carboxylic acids is 4. The Morgan fingerprint density at radius 3 is 2.21 bits per heavy atom. The van der Waals surface area contributed by atoms with Crippen LogP contribution in [0.15, 0.2) is 66.7 Å². The van der Waals surface area contributed by atoms with Gasteiger partial charge in [0.15, 0.2) is 6.29 Å². The zero-order valence-corrected chi connectivity index (χ0v) is 21.4. The summed E-state index contributed by atoms with van der Waals surface area (Å²) in [4.78, 5) is 56.2. The number of carbonyl (C=O) groups is 4. The summed E-state index contributed by atoms with van der Waals surface area (Å²) >= 11 is 0. The summed E-state index contributed by atoms with van der Waals surface area (Å²) in [6.45, 7) is 0.548. The van der Waals surface area contributed by atoms with Gasteiger partial charge in [0, 0.05) is 37.7 Å². The van der Waals surface area contributed by atoms with Crippen LogP contribution < -0.4 is 10.6 Å². The van der Waals surface area contributed by atoms with E-state index in [4.69, 9.17) is 9.47 Å². The Hall–Kier alpha value is -4.41. The Bertz CT molecular complexity index is 1370. The normalized spacial score (nSPS) is 18.5. The van der Waals surface area contributed by atoms with Crippen LogP contribution in [0.4, 0.5) is 0 Å². The summed E-state index contributed by atoms with van der Waals surface area (Å²) in [7, 11) is 1.51. The largest absolute Gasteiger partial charge is 0.354 e. The minimum atomic E-state index is -0.593. The lowest BCUT2D eigenvalue weighted by Gasteiger charge is -2.33. The molecule has 2 aliphatic heterocycles. The Morgan fingerprint density at radius 1 is 0.923 bits per heavy atom. The fourth-order valence-electron chi connectivity index (χ4n) is 4.65. The molecular formula is C29H28N4O6. The van der Waals surface area contributed by atoms with Crippen molar-refractivity contribution in [2.75, 3.05) is 26.8 Å². The number of nitrogens with zero attached hydrogens (tertiary/aromatic N) is 2. The number of nitrogens with one attached hydrogen (secondary N) is 2. The number of hydrogen-bond donors (Lipinski definition) is 2. The summed E-state index contributed by atoms with van der Waals surface area (Å²) in [6.07, 6.45) is 0.249. The Kier molecular flexibility index (Phi) is 7.76. The van der Waals surface area contributed by atoms with Crippen LogP contribution in [0.5, 0.6) is 0 Å². The molecule has 1 aromatic heterocycles. The summed E-state index contributed by atoms with van der Waals surface area (Å²) < 4.78 is 11.5. The Morgan fingerprint density at radius 2 is 1.56 bits per heavy atom. The van der Waals surface area contributed by atoms with Crippen molar-refractivity contribution in [3.8, 4) is 0 Å². The Balaban J connectivity index is 1.15. The van der Waals surface area contributed by atoms with Gasteiger partial charge < -0.3 is 20.1 Å². The van der Waals surface area contributed by atoms with Crippen LogP contribution in [-0.4, -0.2) is 72.7 Å². The second kappa shape index (κ2) is 11.5. The second-order valence-electron chi connectivity index (χ2n) is 9.29. The first-order valence-corrected chi connectivity index (χ1v) is 12.7. The van der Waals surface area contributed by atoms with E-state index in [2.05, 4.69) is 15.6 Å². The predicted molar refractivity (Wildman–Crippen MR) is 140 cm³/mol. The molecule has 3 aromatic rings. The maximum absolute atomic E-state index is 12.9. The number of amides is 4. The van der Waals surface area contributed by atoms with Crippen molar-refractivity contribution in [1.29, 1.82) is 0 Å². The summed E-state index contributed by atoms with van der Waals surface area (Å²) in [5.41, 5.74) is 2.87. The smallest absolute Gasteiger partial charge is 0.269 e. The number of pyridine rings is 1. The third kappa shape index (κ3) is 5.71. The van der Waals surface area contributed by atoms with Crippen LogP contribution in [0.3, 0.4) is 0 Å². The molecule has 0 spiro atoms. The average Bonchev–Trinajstić information content (AvgIpc) is 3.22. The first-order chi connectivity index (χ1) is 18.9. The van der Waals surface area contributed by atoms with Crippen LogP contribution >= 0.6 is 0 Å². The zero-order chi connectivity index (χ0) is 27.4. The molecule has 2 aromatic carbocycles. The molecule has 0 saturated carbocycles. The summed E-state index contributed by atoms with van der Waals surface area (Å²) in [5.74, 6) is -1.43. The van der Waals surface area contributed by atoms with Crippen LogP contribution in [0.1, 0.15) is 59.2 Å². The third-order valence-corrected chi connectivity index (χ3v) is 6.63. The maximum Gasteiger partial charge on any atom is 0.269 e. The van der Waals surface area contributed by atoms with Crippen LogP contribution in [0.25, 0.3) is 0 Å². The van der Waals surface area contributed by atoms with E-state index in [0.717, 1.165) is 5.56 Å². The molecule has 39 heavy (non-hydrogen) atoms. The molecule has 0 atom stereocenters. The molecule has 0 aliphatic carbocycles. The fourth-order valence-corrected chi connectivity index (χ4v) is 4.65. The molecule has 10 nitrogen and oxygen atoms in total. The predicted octanol–water partition coefficient (Wildman–Crippen LogP) is 2.19. The molecule has 4 amide bonds. The highest BCUT2D eigenvalue weighted by Gasteiger charge is 2.41. The maximum atomic E-state index is 12.9. The van der Waals surface area contributed by atoms with Gasteiger partial charge in [0.25, 0.3) is 23.6 Å². The van der Waals surface area contributed by atoms with Gasteiger partial charge in [-0.15, -0.1) is 0 Å². The van der Waals surface area contributed by atoms with Crippen LogP contribution in [0.2, 0.25) is 0 Å². The van der Waals surface area contributed by atoms with E-state index in [1.165, 1.54) is 18.0 Å². The van der Waals surface area contributed by atoms with Gasteiger partial charge in [-0.2, -0.15) is 0 Å². The van der Waals surface area contributed by atoms with Crippen LogP contribution in [0, 0.1) is 0 Å². The molecule has 1 fully saturated rings. The molecule has 3 heterocycles. The molecule has 1 saturated heterocycles. The third-order valence-electron chi connectivity index (χ3n) is 6.63. The lowest BCUT2D eigenvalue weighted by Crippen LogP contribution is -2.50. The van der Waals surface area contributed by atoms with Crippen LogP contribution in [-0.2, 0) is 15.9 Å². The van der Waals surface area contributed by atoms with E-state index in [0.29, 0.717) is 35.2 Å². The first kappa shape index (κ1) is 26.2. The lowest BCUT2D eigenvalue weighted by atomic mass is 10.1. The van der Waals surface area contributed by atoms with E-state index in [1.807, 2.05) is 30.3 Å². The van der Waals surface area contributed by atoms with Crippen molar-refractivity contribution in [3.05, 3.63) is 100 Å². The van der Waals surface area contributed by atoms with Crippen molar-refractivity contribution in [3.63, 3.8) is 0 Å². The number of imide groups is 1. The van der Waals surface area contributed by atoms with Gasteiger partial charge in [-0.3, -0.25) is 24.1 Å². The minimum absolute atomic E-state index is 0.146. The van der Waals surface area contributed by atoms with E-state index < -0.39 is 12.3 Å². The van der Waals surface area contributed by atoms with Gasteiger partial charge in [-0.1, -0.05) is 42.5 Å². The van der Waals surface area contributed by atoms with Crippen molar-refractivity contribution < 1.29 is 28.7 Å². The van der Waals surface area contributed by atoms with E-state index in [-0.39, 0.29) is 49.1 Å². The first-order valence-electron chi connectivity index (χ1n) is 12.7. The lowest BCUT2D eigenvalue weighted by molar-refractivity contribution is -0.198. The quantitative estimate of drug-likeness (QED) is 0.429. The topological polar surface area (TPSA) is 127 Å². The Labute approximate surface area is 225 Å². The highest BCUT2D eigenvalue weighted by atomic mass is 16.7. The average molecular weight is 529 g/mol. The number of aromatic nitrogens is 1. The van der Waals surface area contributed by atoms with E-state index in [9.17, 15) is 19.2 Å². The minimum Gasteiger partial charge on any atom is -0.354 e. The summed E-state index contributed by atoms with van der Waals surface area (Å²) in [5, 5.41) is 5.38. The second-order valence-corrected chi connectivity index (χ2v) is 9.29.